The van der Waals surface area contributed by atoms with Gasteiger partial charge in [-0.05, 0) is 35.9 Å². The van der Waals surface area contributed by atoms with Crippen molar-refractivity contribution in [2.45, 2.75) is 6.10 Å². The molecule has 7 heteroatoms. The minimum Gasteiger partial charge on any atom is -0.493 e. The van der Waals surface area contributed by atoms with E-state index < -0.39 is 12.1 Å². The highest BCUT2D eigenvalue weighted by atomic mass is 35.5. The first-order valence-electron chi connectivity index (χ1n) is 7.24. The second-order valence-electron chi connectivity index (χ2n) is 4.98. The monoisotopic (exact) mass is 350 g/mol. The molecule has 1 unspecified atom stereocenters. The number of aliphatic hydroxyl groups is 1. The van der Waals surface area contributed by atoms with Crippen molar-refractivity contribution in [2.75, 3.05) is 26.1 Å². The number of anilines is 1. The highest BCUT2D eigenvalue weighted by Crippen LogP contribution is 2.29. The highest BCUT2D eigenvalue weighted by Gasteiger charge is 2.13. The Labute approximate surface area is 145 Å². The van der Waals surface area contributed by atoms with Crippen LogP contribution in [-0.4, -0.2) is 31.9 Å². The van der Waals surface area contributed by atoms with Crippen LogP contribution in [0, 0.1) is 0 Å². The number of aliphatic hydroxyl groups excluding tert-OH is 1. The zero-order valence-electron chi connectivity index (χ0n) is 13.4. The van der Waals surface area contributed by atoms with Crippen molar-refractivity contribution in [3.63, 3.8) is 0 Å². The van der Waals surface area contributed by atoms with Gasteiger partial charge >= 0.3 is 6.03 Å². The first kappa shape index (κ1) is 17.9. The molecule has 3 N–H and O–H groups in total. The molecule has 128 valence electrons. The third-order valence-electron chi connectivity index (χ3n) is 3.33. The second-order valence-corrected chi connectivity index (χ2v) is 5.41. The smallest absolute Gasteiger partial charge is 0.319 e. The topological polar surface area (TPSA) is 79.8 Å². The zero-order chi connectivity index (χ0) is 17.5. The van der Waals surface area contributed by atoms with E-state index in [1.54, 1.807) is 42.5 Å². The lowest BCUT2D eigenvalue weighted by atomic mass is 10.1. The summed E-state index contributed by atoms with van der Waals surface area (Å²) in [6, 6.07) is 11.4. The molecule has 0 saturated carbocycles. The number of rotatable bonds is 6. The van der Waals surface area contributed by atoms with Gasteiger partial charge in [0.25, 0.3) is 0 Å². The summed E-state index contributed by atoms with van der Waals surface area (Å²) in [5.41, 5.74) is 1.18. The van der Waals surface area contributed by atoms with Crippen molar-refractivity contribution in [1.29, 1.82) is 0 Å². The number of halogens is 1. The van der Waals surface area contributed by atoms with Crippen molar-refractivity contribution in [3.05, 3.63) is 53.1 Å². The van der Waals surface area contributed by atoms with Crippen LogP contribution >= 0.6 is 11.6 Å². The Kier molecular flexibility index (Phi) is 6.28. The minimum atomic E-state index is -0.880. The molecule has 24 heavy (non-hydrogen) atoms. The van der Waals surface area contributed by atoms with Crippen LogP contribution in [-0.2, 0) is 0 Å². The number of urea groups is 1. The van der Waals surface area contributed by atoms with E-state index in [1.807, 2.05) is 0 Å². The molecule has 6 nitrogen and oxygen atoms in total. The fourth-order valence-electron chi connectivity index (χ4n) is 2.11. The van der Waals surface area contributed by atoms with Gasteiger partial charge in [0.1, 0.15) is 0 Å². The average Bonchev–Trinajstić information content (AvgIpc) is 2.59. The molecule has 0 aliphatic heterocycles. The summed E-state index contributed by atoms with van der Waals surface area (Å²) in [5, 5.41) is 16.0. The predicted octanol–water partition coefficient (Wildman–Crippen LogP) is 3.21. The van der Waals surface area contributed by atoms with E-state index in [9.17, 15) is 9.90 Å². The first-order valence-corrected chi connectivity index (χ1v) is 7.61. The number of benzene rings is 2. The summed E-state index contributed by atoms with van der Waals surface area (Å²) >= 11 is 5.86. The molecule has 0 fully saturated rings. The van der Waals surface area contributed by atoms with Gasteiger partial charge in [0.15, 0.2) is 11.5 Å². The van der Waals surface area contributed by atoms with Gasteiger partial charge in [-0.15, -0.1) is 0 Å². The molecule has 0 spiro atoms. The fraction of sp³-hybridized carbons (Fsp3) is 0.235. The van der Waals surface area contributed by atoms with Gasteiger partial charge in [-0.3, -0.25) is 0 Å². The largest absolute Gasteiger partial charge is 0.493 e. The molecule has 0 aliphatic rings. The highest BCUT2D eigenvalue weighted by molar-refractivity contribution is 6.30. The Morgan fingerprint density at radius 3 is 2.58 bits per heavy atom. The lowest BCUT2D eigenvalue weighted by molar-refractivity contribution is 0.174. The van der Waals surface area contributed by atoms with Gasteiger partial charge < -0.3 is 25.2 Å². The van der Waals surface area contributed by atoms with Crippen LogP contribution in [0.25, 0.3) is 0 Å². The number of methoxy groups -OCH3 is 2. The van der Waals surface area contributed by atoms with E-state index in [2.05, 4.69) is 10.6 Å². The SMILES string of the molecule is COc1ccc(C(O)CNC(=O)Nc2cccc(Cl)c2)cc1OC. The van der Waals surface area contributed by atoms with E-state index in [0.29, 0.717) is 27.8 Å². The van der Waals surface area contributed by atoms with Crippen LogP contribution in [0.15, 0.2) is 42.5 Å². The van der Waals surface area contributed by atoms with Crippen molar-refractivity contribution in [1.82, 2.24) is 5.32 Å². The van der Waals surface area contributed by atoms with Crippen LogP contribution < -0.4 is 20.1 Å². The molecule has 0 aromatic heterocycles. The van der Waals surface area contributed by atoms with E-state index >= 15 is 0 Å². The average molecular weight is 351 g/mol. The van der Waals surface area contributed by atoms with E-state index in [-0.39, 0.29) is 6.54 Å². The van der Waals surface area contributed by atoms with Gasteiger partial charge in [-0.2, -0.15) is 0 Å². The number of hydrogen-bond donors (Lipinski definition) is 3. The normalized spacial score (nSPS) is 11.5. The summed E-state index contributed by atoms with van der Waals surface area (Å²) in [6.07, 6.45) is -0.880. The molecule has 2 aromatic carbocycles. The van der Waals surface area contributed by atoms with Gasteiger partial charge in [-0.1, -0.05) is 23.7 Å². The van der Waals surface area contributed by atoms with Gasteiger partial charge in [0.2, 0.25) is 0 Å². The summed E-state index contributed by atoms with van der Waals surface area (Å²) in [4.78, 5) is 11.9. The lowest BCUT2D eigenvalue weighted by Crippen LogP contribution is -2.32. The Morgan fingerprint density at radius 2 is 1.92 bits per heavy atom. The number of carbonyl (C=O) groups excluding carboxylic acids is 1. The molecule has 0 aliphatic carbocycles. The van der Waals surface area contributed by atoms with E-state index in [4.69, 9.17) is 21.1 Å². The third kappa shape index (κ3) is 4.78. The molecule has 2 aromatic rings. The zero-order valence-corrected chi connectivity index (χ0v) is 14.1. The van der Waals surface area contributed by atoms with Gasteiger partial charge in [0.05, 0.1) is 20.3 Å². The van der Waals surface area contributed by atoms with Crippen LogP contribution in [0.4, 0.5) is 10.5 Å². The maximum absolute atomic E-state index is 11.9. The molecular formula is C17H19ClN2O4. The quantitative estimate of drug-likeness (QED) is 0.747. The maximum atomic E-state index is 11.9. The van der Waals surface area contributed by atoms with Crippen molar-refractivity contribution in [2.24, 2.45) is 0 Å². The molecule has 0 radical (unpaired) electrons. The Morgan fingerprint density at radius 1 is 1.17 bits per heavy atom. The number of carbonyl (C=O) groups is 1. The molecule has 0 bridgehead atoms. The molecule has 2 rings (SSSR count). The minimum absolute atomic E-state index is 0.0435. The van der Waals surface area contributed by atoms with Crippen molar-refractivity contribution >= 4 is 23.3 Å². The number of ether oxygens (including phenoxy) is 2. The summed E-state index contributed by atoms with van der Waals surface area (Å²) in [7, 11) is 3.06. The van der Waals surface area contributed by atoms with E-state index in [0.717, 1.165) is 0 Å². The van der Waals surface area contributed by atoms with Gasteiger partial charge in [-0.25, -0.2) is 4.79 Å². The lowest BCUT2D eigenvalue weighted by Gasteiger charge is -2.15. The molecule has 0 saturated heterocycles. The van der Waals surface area contributed by atoms with Crippen LogP contribution in [0.5, 0.6) is 11.5 Å². The van der Waals surface area contributed by atoms with Crippen molar-refractivity contribution < 1.29 is 19.4 Å². The fourth-order valence-corrected chi connectivity index (χ4v) is 2.30. The van der Waals surface area contributed by atoms with Crippen molar-refractivity contribution in [3.8, 4) is 11.5 Å². The molecular weight excluding hydrogens is 332 g/mol. The number of nitrogens with one attached hydrogen (secondary N) is 2. The Bertz CT molecular complexity index is 709. The summed E-state index contributed by atoms with van der Waals surface area (Å²) < 4.78 is 10.3. The Hall–Kier alpha value is -2.44. The van der Waals surface area contributed by atoms with E-state index in [1.165, 1.54) is 14.2 Å². The predicted molar refractivity (Wildman–Crippen MR) is 93.0 cm³/mol. The summed E-state index contributed by atoms with van der Waals surface area (Å²) in [6.45, 7) is 0.0435. The maximum Gasteiger partial charge on any atom is 0.319 e. The van der Waals surface area contributed by atoms with Crippen LogP contribution in [0.1, 0.15) is 11.7 Å². The standard InChI is InChI=1S/C17H19ClN2O4/c1-23-15-7-6-11(8-16(15)24-2)14(21)10-19-17(22)20-13-5-3-4-12(18)9-13/h3-9,14,21H,10H2,1-2H3,(H2,19,20,22). The molecule has 2 amide bonds. The Balaban J connectivity index is 1.92. The molecule has 0 heterocycles. The second kappa shape index (κ2) is 8.42. The first-order chi connectivity index (χ1) is 11.5. The number of amides is 2. The molecule has 1 atom stereocenters. The van der Waals surface area contributed by atoms with Gasteiger partial charge in [0, 0.05) is 17.3 Å². The van der Waals surface area contributed by atoms with Crippen LogP contribution in [0.2, 0.25) is 5.02 Å². The third-order valence-corrected chi connectivity index (χ3v) is 3.57. The summed E-state index contributed by atoms with van der Waals surface area (Å²) in [5.74, 6) is 1.08. The van der Waals surface area contributed by atoms with Crippen LogP contribution in [0.3, 0.4) is 0 Å². The number of hydrogen-bond acceptors (Lipinski definition) is 4.